The van der Waals surface area contributed by atoms with Gasteiger partial charge in [-0.05, 0) is 24.6 Å². The van der Waals surface area contributed by atoms with Crippen LogP contribution in [0.3, 0.4) is 0 Å². The van der Waals surface area contributed by atoms with Gasteiger partial charge in [0.05, 0.1) is 11.4 Å². The highest BCUT2D eigenvalue weighted by Gasteiger charge is 2.11. The molecule has 0 atom stereocenters. The second-order valence-corrected chi connectivity index (χ2v) is 6.21. The molecule has 0 aromatic carbocycles. The lowest BCUT2D eigenvalue weighted by Crippen LogP contribution is -2.07. The van der Waals surface area contributed by atoms with Crippen LogP contribution in [0.25, 0.3) is 0 Å². The van der Waals surface area contributed by atoms with Crippen LogP contribution >= 0.6 is 23.1 Å². The second kappa shape index (κ2) is 6.25. The third kappa shape index (κ3) is 3.38. The van der Waals surface area contributed by atoms with Gasteiger partial charge >= 0.3 is 0 Å². The summed E-state index contributed by atoms with van der Waals surface area (Å²) in [6.07, 6.45) is 1.73. The fraction of sp³-hybridized carbons (Fsp3) is 0.545. The first kappa shape index (κ1) is 14.1. The molecule has 2 aromatic rings. The zero-order valence-electron chi connectivity index (χ0n) is 11.4. The van der Waals surface area contributed by atoms with E-state index in [4.69, 9.17) is 0 Å². The van der Waals surface area contributed by atoms with E-state index in [0.29, 0.717) is 5.16 Å². The number of hydrogen-bond donors (Lipinski definition) is 0. The Labute approximate surface area is 120 Å². The number of nitrogens with zero attached hydrogens (tertiary/aromatic N) is 6. The molecule has 0 N–H and O–H groups in total. The molecular weight excluding hydrogens is 280 g/mol. The van der Waals surface area contributed by atoms with Crippen molar-refractivity contribution in [3.8, 4) is 0 Å². The molecule has 0 bridgehead atoms. The first-order valence-corrected chi connectivity index (χ1v) is 7.68. The van der Waals surface area contributed by atoms with Gasteiger partial charge < -0.3 is 4.90 Å². The maximum absolute atomic E-state index is 4.53. The quantitative estimate of drug-likeness (QED) is 0.836. The SMILES string of the molecule is CCc1nnc(Sc2nnc(N(C)C)s2)nc1CC. The van der Waals surface area contributed by atoms with Crippen molar-refractivity contribution in [3.05, 3.63) is 11.4 Å². The van der Waals surface area contributed by atoms with E-state index in [1.54, 1.807) is 0 Å². The summed E-state index contributed by atoms with van der Waals surface area (Å²) in [4.78, 5) is 6.46. The third-order valence-corrected chi connectivity index (χ3v) is 4.44. The zero-order chi connectivity index (χ0) is 13.8. The average Bonchev–Trinajstić information content (AvgIpc) is 2.87. The molecule has 0 fully saturated rings. The Bertz CT molecular complexity index is 554. The summed E-state index contributed by atoms with van der Waals surface area (Å²) < 4.78 is 0.830. The minimum Gasteiger partial charge on any atom is -0.353 e. The number of rotatable bonds is 5. The zero-order valence-corrected chi connectivity index (χ0v) is 13.0. The van der Waals surface area contributed by atoms with Gasteiger partial charge in [-0.25, -0.2) is 4.98 Å². The van der Waals surface area contributed by atoms with Gasteiger partial charge in [-0.15, -0.1) is 15.3 Å². The lowest BCUT2D eigenvalue weighted by Gasteiger charge is -2.04. The van der Waals surface area contributed by atoms with Crippen molar-refractivity contribution in [2.75, 3.05) is 19.0 Å². The number of aromatic nitrogens is 5. The Morgan fingerprint density at radius 1 is 1.00 bits per heavy atom. The molecule has 0 unspecified atom stereocenters. The summed E-state index contributed by atoms with van der Waals surface area (Å²) in [5.41, 5.74) is 1.98. The Morgan fingerprint density at radius 2 is 1.74 bits per heavy atom. The van der Waals surface area contributed by atoms with E-state index in [1.807, 2.05) is 19.0 Å². The smallest absolute Gasteiger partial charge is 0.216 e. The number of hydrogen-bond acceptors (Lipinski definition) is 8. The lowest BCUT2D eigenvalue weighted by atomic mass is 10.2. The van der Waals surface area contributed by atoms with Gasteiger partial charge in [0.2, 0.25) is 10.3 Å². The molecule has 0 spiro atoms. The maximum atomic E-state index is 4.53. The molecule has 0 saturated heterocycles. The topological polar surface area (TPSA) is 67.7 Å². The van der Waals surface area contributed by atoms with Gasteiger partial charge in [0, 0.05) is 14.1 Å². The molecule has 102 valence electrons. The van der Waals surface area contributed by atoms with Crippen molar-refractivity contribution in [2.45, 2.75) is 36.2 Å². The number of aryl methyl sites for hydroxylation is 2. The highest BCUT2D eigenvalue weighted by atomic mass is 32.2. The van der Waals surface area contributed by atoms with Crippen LogP contribution < -0.4 is 4.90 Å². The van der Waals surface area contributed by atoms with E-state index in [0.717, 1.165) is 33.7 Å². The van der Waals surface area contributed by atoms with E-state index in [2.05, 4.69) is 39.2 Å². The molecule has 0 radical (unpaired) electrons. The average molecular weight is 296 g/mol. The number of anilines is 1. The van der Waals surface area contributed by atoms with Gasteiger partial charge in [-0.3, -0.25) is 0 Å². The molecule has 19 heavy (non-hydrogen) atoms. The predicted molar refractivity (Wildman–Crippen MR) is 76.9 cm³/mol. The molecule has 6 nitrogen and oxygen atoms in total. The van der Waals surface area contributed by atoms with Crippen LogP contribution in [0, 0.1) is 0 Å². The second-order valence-electron chi connectivity index (χ2n) is 4.04. The largest absolute Gasteiger partial charge is 0.353 e. The van der Waals surface area contributed by atoms with Gasteiger partial charge in [0.1, 0.15) is 0 Å². The van der Waals surface area contributed by atoms with Crippen molar-refractivity contribution < 1.29 is 0 Å². The van der Waals surface area contributed by atoms with Gasteiger partial charge in [-0.1, -0.05) is 25.2 Å². The summed E-state index contributed by atoms with van der Waals surface area (Å²) in [6.45, 7) is 4.14. The highest BCUT2D eigenvalue weighted by Crippen LogP contribution is 2.30. The van der Waals surface area contributed by atoms with Gasteiger partial charge in [0.25, 0.3) is 0 Å². The normalized spacial score (nSPS) is 10.7. The Balaban J connectivity index is 2.18. The molecule has 0 amide bonds. The fourth-order valence-corrected chi connectivity index (χ4v) is 3.06. The first-order valence-electron chi connectivity index (χ1n) is 6.05. The van der Waals surface area contributed by atoms with Crippen LogP contribution in [0.4, 0.5) is 5.13 Å². The standard InChI is InChI=1S/C11H16N6S2/c1-5-7-8(6-2)13-14-9(12-7)18-11-16-15-10(19-11)17(3)4/h5-6H2,1-4H3. The molecule has 0 aliphatic rings. The lowest BCUT2D eigenvalue weighted by molar-refractivity contribution is 0.744. The van der Waals surface area contributed by atoms with Crippen LogP contribution in [0.1, 0.15) is 25.2 Å². The van der Waals surface area contributed by atoms with E-state index < -0.39 is 0 Å². The Morgan fingerprint density at radius 3 is 2.32 bits per heavy atom. The van der Waals surface area contributed by atoms with Crippen molar-refractivity contribution in [3.63, 3.8) is 0 Å². The Kier molecular flexibility index (Phi) is 4.65. The summed E-state index contributed by atoms with van der Waals surface area (Å²) >= 11 is 2.93. The highest BCUT2D eigenvalue weighted by molar-refractivity contribution is 8.00. The van der Waals surface area contributed by atoms with E-state index in [1.165, 1.54) is 23.1 Å². The molecule has 2 aromatic heterocycles. The molecule has 2 rings (SSSR count). The van der Waals surface area contributed by atoms with Crippen LogP contribution in [0.15, 0.2) is 9.50 Å². The molecule has 0 saturated carbocycles. The molecule has 8 heteroatoms. The van der Waals surface area contributed by atoms with Crippen molar-refractivity contribution in [1.29, 1.82) is 0 Å². The maximum Gasteiger partial charge on any atom is 0.216 e. The van der Waals surface area contributed by atoms with Crippen LogP contribution in [0.2, 0.25) is 0 Å². The van der Waals surface area contributed by atoms with Crippen LogP contribution in [0.5, 0.6) is 0 Å². The van der Waals surface area contributed by atoms with Crippen LogP contribution in [-0.2, 0) is 12.8 Å². The monoisotopic (exact) mass is 296 g/mol. The molecular formula is C11H16N6S2. The first-order chi connectivity index (χ1) is 9.13. The molecule has 2 heterocycles. The predicted octanol–water partition coefficient (Wildman–Crippen LogP) is 2.07. The van der Waals surface area contributed by atoms with Crippen molar-refractivity contribution in [1.82, 2.24) is 25.4 Å². The minimum atomic E-state index is 0.635. The molecule has 0 aliphatic heterocycles. The third-order valence-electron chi connectivity index (χ3n) is 2.45. The summed E-state index contributed by atoms with van der Waals surface area (Å²) in [5.74, 6) is 0. The van der Waals surface area contributed by atoms with E-state index in [9.17, 15) is 0 Å². The summed E-state index contributed by atoms with van der Waals surface area (Å²) in [6, 6.07) is 0. The summed E-state index contributed by atoms with van der Waals surface area (Å²) in [7, 11) is 3.89. The van der Waals surface area contributed by atoms with Crippen LogP contribution in [-0.4, -0.2) is 39.5 Å². The van der Waals surface area contributed by atoms with E-state index in [-0.39, 0.29) is 0 Å². The van der Waals surface area contributed by atoms with Gasteiger partial charge in [0.15, 0.2) is 4.34 Å². The molecule has 0 aliphatic carbocycles. The summed E-state index contributed by atoms with van der Waals surface area (Å²) in [5, 5.41) is 18.1. The fourth-order valence-electron chi connectivity index (χ4n) is 1.47. The Hall–Kier alpha value is -1.28. The van der Waals surface area contributed by atoms with Crippen molar-refractivity contribution in [2.24, 2.45) is 0 Å². The van der Waals surface area contributed by atoms with Crippen molar-refractivity contribution >= 4 is 28.2 Å². The van der Waals surface area contributed by atoms with E-state index >= 15 is 0 Å². The minimum absolute atomic E-state index is 0.635. The van der Waals surface area contributed by atoms with Gasteiger partial charge in [-0.2, -0.15) is 5.10 Å².